The van der Waals surface area contributed by atoms with Crippen LogP contribution in [0.25, 0.3) is 0 Å². The largest absolute Gasteiger partial charge is 0.473 e. The number of hydrogen-bond donors (Lipinski definition) is 0. The Hall–Kier alpha value is -1.38. The van der Waals surface area contributed by atoms with Crippen LogP contribution in [0, 0.1) is 23.7 Å². The third-order valence-corrected chi connectivity index (χ3v) is 4.66. The summed E-state index contributed by atoms with van der Waals surface area (Å²) in [6, 6.07) is 0. The molecule has 2 heteroatoms. The molecule has 1 unspecified atom stereocenters. The molecule has 0 aromatic heterocycles. The lowest BCUT2D eigenvalue weighted by molar-refractivity contribution is -0.129. The van der Waals surface area contributed by atoms with Crippen LogP contribution < -0.4 is 0 Å². The molecule has 0 spiro atoms. The van der Waals surface area contributed by atoms with Crippen LogP contribution in [-0.4, -0.2) is 12.9 Å². The van der Waals surface area contributed by atoms with Crippen molar-refractivity contribution in [3.63, 3.8) is 0 Å². The second-order valence-corrected chi connectivity index (χ2v) is 7.27. The lowest BCUT2D eigenvalue weighted by atomic mass is 10.1. The molecule has 1 rings (SSSR count). The van der Waals surface area contributed by atoms with Crippen molar-refractivity contribution in [2.45, 2.75) is 116 Å². The van der Waals surface area contributed by atoms with Crippen LogP contribution >= 0.6 is 0 Å². The van der Waals surface area contributed by atoms with Gasteiger partial charge >= 0.3 is 0 Å². The third-order valence-electron chi connectivity index (χ3n) is 4.66. The quantitative estimate of drug-likeness (QED) is 0.194. The van der Waals surface area contributed by atoms with E-state index < -0.39 is 0 Å². The molecule has 0 saturated carbocycles. The van der Waals surface area contributed by atoms with Gasteiger partial charge in [-0.1, -0.05) is 39.0 Å². The van der Waals surface area contributed by atoms with Crippen LogP contribution in [-0.2, 0) is 9.47 Å². The van der Waals surface area contributed by atoms with E-state index in [2.05, 4.69) is 30.6 Å². The molecule has 2 nitrogen and oxygen atoms in total. The summed E-state index contributed by atoms with van der Waals surface area (Å²) in [6.07, 6.45) is 22.6. The molecule has 0 aliphatic carbocycles. The van der Waals surface area contributed by atoms with Crippen LogP contribution in [0.5, 0.6) is 0 Å². The van der Waals surface area contributed by atoms with Gasteiger partial charge in [-0.25, -0.2) is 0 Å². The smallest absolute Gasteiger partial charge is 0.198 e. The minimum atomic E-state index is -0.0324. The maximum atomic E-state index is 5.55. The van der Waals surface area contributed by atoms with E-state index in [0.717, 1.165) is 58.0 Å². The predicted molar refractivity (Wildman–Crippen MR) is 115 cm³/mol. The van der Waals surface area contributed by atoms with Crippen LogP contribution in [0.15, 0.2) is 12.3 Å². The highest BCUT2D eigenvalue weighted by Crippen LogP contribution is 2.13. The Morgan fingerprint density at radius 2 is 1.44 bits per heavy atom. The van der Waals surface area contributed by atoms with Gasteiger partial charge in [0.1, 0.15) is 0 Å². The Labute approximate surface area is 168 Å². The Bertz CT molecular complexity index is 466. The first-order chi connectivity index (χ1) is 13.4. The minimum Gasteiger partial charge on any atom is -0.473 e. The fourth-order valence-corrected chi connectivity index (χ4v) is 2.96. The van der Waals surface area contributed by atoms with Gasteiger partial charge in [-0.2, -0.15) is 0 Å². The monoisotopic (exact) mass is 372 g/mol. The molecule has 27 heavy (non-hydrogen) atoms. The molecule has 0 amide bonds. The first-order valence-corrected chi connectivity index (χ1v) is 11.3. The molecule has 1 aliphatic rings. The molecule has 0 radical (unpaired) electrons. The Morgan fingerprint density at radius 3 is 2.11 bits per heavy atom. The minimum absolute atomic E-state index is 0.0324. The van der Waals surface area contributed by atoms with Crippen LogP contribution in [0.4, 0.5) is 0 Å². The normalized spacial score (nSPS) is 16.4. The summed E-state index contributed by atoms with van der Waals surface area (Å²) in [5, 5.41) is 0. The molecule has 1 saturated heterocycles. The van der Waals surface area contributed by atoms with Crippen molar-refractivity contribution < 1.29 is 9.47 Å². The van der Waals surface area contributed by atoms with Crippen LogP contribution in [0.1, 0.15) is 110 Å². The highest BCUT2D eigenvalue weighted by molar-refractivity contribution is 5.01. The second-order valence-electron chi connectivity index (χ2n) is 7.27. The SMILES string of the molecule is CCCCCCCCC#CCCCCC#CCCC=COC1CCCCO1. The fraction of sp³-hybridized carbons (Fsp3) is 0.760. The first-order valence-electron chi connectivity index (χ1n) is 11.3. The summed E-state index contributed by atoms with van der Waals surface area (Å²) in [5.41, 5.74) is 0. The van der Waals surface area contributed by atoms with Crippen molar-refractivity contribution in [1.82, 2.24) is 0 Å². The fourth-order valence-electron chi connectivity index (χ4n) is 2.96. The van der Waals surface area contributed by atoms with Gasteiger partial charge in [0.05, 0.1) is 12.9 Å². The maximum absolute atomic E-state index is 5.55. The van der Waals surface area contributed by atoms with Gasteiger partial charge in [-0.3, -0.25) is 0 Å². The van der Waals surface area contributed by atoms with Gasteiger partial charge in [0.15, 0.2) is 6.29 Å². The molecule has 0 aromatic carbocycles. The van der Waals surface area contributed by atoms with E-state index in [-0.39, 0.29) is 6.29 Å². The Morgan fingerprint density at radius 1 is 0.815 bits per heavy atom. The summed E-state index contributed by atoms with van der Waals surface area (Å²) >= 11 is 0. The van der Waals surface area contributed by atoms with E-state index in [0.29, 0.717) is 0 Å². The molecule has 0 N–H and O–H groups in total. The van der Waals surface area contributed by atoms with Crippen molar-refractivity contribution in [1.29, 1.82) is 0 Å². The number of ether oxygens (including phenoxy) is 2. The van der Waals surface area contributed by atoms with E-state index in [1.165, 1.54) is 51.4 Å². The lowest BCUT2D eigenvalue weighted by Gasteiger charge is -2.21. The van der Waals surface area contributed by atoms with E-state index in [9.17, 15) is 0 Å². The summed E-state index contributed by atoms with van der Waals surface area (Å²) in [7, 11) is 0. The molecular formula is C25H40O2. The van der Waals surface area contributed by atoms with E-state index in [4.69, 9.17) is 9.47 Å². The van der Waals surface area contributed by atoms with Gasteiger partial charge in [-0.15, -0.1) is 23.7 Å². The zero-order valence-corrected chi connectivity index (χ0v) is 17.6. The summed E-state index contributed by atoms with van der Waals surface area (Å²) in [4.78, 5) is 0. The van der Waals surface area contributed by atoms with Gasteiger partial charge in [-0.05, 0) is 44.6 Å². The Kier molecular flexibility index (Phi) is 17.0. The van der Waals surface area contributed by atoms with Gasteiger partial charge in [0, 0.05) is 32.1 Å². The summed E-state index contributed by atoms with van der Waals surface area (Å²) in [5.74, 6) is 13.1. The maximum Gasteiger partial charge on any atom is 0.198 e. The number of rotatable bonds is 13. The van der Waals surface area contributed by atoms with Crippen molar-refractivity contribution in [3.8, 4) is 23.7 Å². The molecule has 1 heterocycles. The van der Waals surface area contributed by atoms with E-state index in [1.807, 2.05) is 6.08 Å². The molecule has 0 aromatic rings. The van der Waals surface area contributed by atoms with E-state index >= 15 is 0 Å². The highest BCUT2D eigenvalue weighted by atomic mass is 16.7. The highest BCUT2D eigenvalue weighted by Gasteiger charge is 2.12. The third kappa shape index (κ3) is 16.5. The average Bonchev–Trinajstić information content (AvgIpc) is 2.70. The molecule has 1 atom stereocenters. The topological polar surface area (TPSA) is 18.5 Å². The molecule has 1 aliphatic heterocycles. The standard InChI is InChI=1S/C25H40O2/c1-2-3-4-5-6-7-8-9-10-11-12-13-14-15-16-17-18-20-23-26-25-22-19-21-24-27-25/h20,23,25H,2-8,11-14,17-19,21-22,24H2,1H3. The Balaban J connectivity index is 1.82. The van der Waals surface area contributed by atoms with E-state index in [1.54, 1.807) is 6.26 Å². The van der Waals surface area contributed by atoms with Crippen molar-refractivity contribution in [3.05, 3.63) is 12.3 Å². The zero-order chi connectivity index (χ0) is 19.3. The first kappa shape index (κ1) is 23.7. The molecule has 0 bridgehead atoms. The molecule has 152 valence electrons. The molecule has 1 fully saturated rings. The summed E-state index contributed by atoms with van der Waals surface area (Å²) in [6.45, 7) is 3.09. The lowest BCUT2D eigenvalue weighted by Crippen LogP contribution is -2.19. The van der Waals surface area contributed by atoms with Gasteiger partial charge in [0.2, 0.25) is 0 Å². The summed E-state index contributed by atoms with van der Waals surface area (Å²) < 4.78 is 11.1. The van der Waals surface area contributed by atoms with Crippen LogP contribution in [0.3, 0.4) is 0 Å². The van der Waals surface area contributed by atoms with Gasteiger partial charge < -0.3 is 9.47 Å². The second kappa shape index (κ2) is 19.4. The van der Waals surface area contributed by atoms with Gasteiger partial charge in [0.25, 0.3) is 0 Å². The number of unbranched alkanes of at least 4 members (excludes halogenated alkanes) is 10. The zero-order valence-electron chi connectivity index (χ0n) is 17.6. The average molecular weight is 373 g/mol. The predicted octanol–water partition coefficient (Wildman–Crippen LogP) is 7.14. The van der Waals surface area contributed by atoms with Crippen molar-refractivity contribution in [2.24, 2.45) is 0 Å². The van der Waals surface area contributed by atoms with Crippen LogP contribution in [0.2, 0.25) is 0 Å². The number of hydrogen-bond acceptors (Lipinski definition) is 2. The number of allylic oxidation sites excluding steroid dienone is 1. The van der Waals surface area contributed by atoms with Crippen molar-refractivity contribution in [2.75, 3.05) is 6.61 Å². The van der Waals surface area contributed by atoms with Crippen molar-refractivity contribution >= 4 is 0 Å². The molecular weight excluding hydrogens is 332 g/mol.